The summed E-state index contributed by atoms with van der Waals surface area (Å²) in [5, 5.41) is -0.361. The lowest BCUT2D eigenvalue weighted by Crippen LogP contribution is -2.14. The van der Waals surface area contributed by atoms with Gasteiger partial charge in [0.25, 0.3) is 0 Å². The van der Waals surface area contributed by atoms with Crippen LogP contribution >= 0.6 is 11.6 Å². The van der Waals surface area contributed by atoms with Gasteiger partial charge in [-0.15, -0.1) is 11.6 Å². The molecule has 2 aromatic rings. The first-order valence-corrected chi connectivity index (χ1v) is 5.71. The van der Waals surface area contributed by atoms with Crippen molar-refractivity contribution in [1.29, 1.82) is 0 Å². The number of primary amides is 1. The average molecular weight is 246 g/mol. The number of carbonyl (C=O) groups is 1. The number of rotatable bonds is 3. The first-order chi connectivity index (χ1) is 8.20. The van der Waals surface area contributed by atoms with E-state index in [4.69, 9.17) is 17.3 Å². The zero-order valence-corrected chi connectivity index (χ0v) is 9.89. The molecule has 0 fully saturated rings. The SMILES string of the molecule is NC(=O)c1ccccc1C(Cl)c1ccccc1. The number of nitrogens with two attached hydrogens (primary N) is 1. The van der Waals surface area contributed by atoms with E-state index in [2.05, 4.69) is 0 Å². The van der Waals surface area contributed by atoms with Crippen LogP contribution in [0.2, 0.25) is 0 Å². The van der Waals surface area contributed by atoms with Gasteiger partial charge in [0, 0.05) is 5.56 Å². The number of amides is 1. The smallest absolute Gasteiger partial charge is 0.249 e. The third-order valence-electron chi connectivity index (χ3n) is 2.59. The molecule has 0 bridgehead atoms. The molecule has 2 rings (SSSR count). The van der Waals surface area contributed by atoms with Gasteiger partial charge in [-0.25, -0.2) is 0 Å². The van der Waals surface area contributed by atoms with Crippen molar-refractivity contribution >= 4 is 17.5 Å². The molecule has 0 aliphatic rings. The summed E-state index contributed by atoms with van der Waals surface area (Å²) >= 11 is 6.37. The van der Waals surface area contributed by atoms with Crippen LogP contribution in [0.3, 0.4) is 0 Å². The first-order valence-electron chi connectivity index (χ1n) is 5.28. The predicted octanol–water partition coefficient (Wildman–Crippen LogP) is 3.11. The summed E-state index contributed by atoms with van der Waals surface area (Å²) in [5.74, 6) is -0.456. The van der Waals surface area contributed by atoms with Gasteiger partial charge in [0.15, 0.2) is 0 Å². The van der Waals surface area contributed by atoms with Crippen LogP contribution in [-0.4, -0.2) is 5.91 Å². The molecule has 0 saturated heterocycles. The van der Waals surface area contributed by atoms with Crippen molar-refractivity contribution in [1.82, 2.24) is 0 Å². The minimum atomic E-state index is -0.456. The summed E-state index contributed by atoms with van der Waals surface area (Å²) in [5.41, 5.74) is 7.49. The van der Waals surface area contributed by atoms with E-state index in [0.717, 1.165) is 11.1 Å². The lowest BCUT2D eigenvalue weighted by atomic mass is 9.99. The van der Waals surface area contributed by atoms with Crippen LogP contribution in [0.25, 0.3) is 0 Å². The maximum Gasteiger partial charge on any atom is 0.249 e. The summed E-state index contributed by atoms with van der Waals surface area (Å²) in [6.07, 6.45) is 0. The van der Waals surface area contributed by atoms with Gasteiger partial charge in [-0.3, -0.25) is 4.79 Å². The molecular formula is C14H12ClNO. The van der Waals surface area contributed by atoms with Crippen molar-refractivity contribution in [2.24, 2.45) is 5.73 Å². The number of halogens is 1. The van der Waals surface area contributed by atoms with Crippen molar-refractivity contribution in [2.45, 2.75) is 5.38 Å². The molecule has 2 N–H and O–H groups in total. The van der Waals surface area contributed by atoms with Crippen LogP contribution in [0.4, 0.5) is 0 Å². The molecule has 1 unspecified atom stereocenters. The summed E-state index contributed by atoms with van der Waals surface area (Å²) in [4.78, 5) is 11.3. The van der Waals surface area contributed by atoms with Crippen molar-refractivity contribution in [3.63, 3.8) is 0 Å². The van der Waals surface area contributed by atoms with Gasteiger partial charge in [0.2, 0.25) is 5.91 Å². The van der Waals surface area contributed by atoms with Crippen LogP contribution in [0, 0.1) is 0 Å². The quantitative estimate of drug-likeness (QED) is 0.830. The van der Waals surface area contributed by atoms with Gasteiger partial charge in [-0.1, -0.05) is 48.5 Å². The Hall–Kier alpha value is -1.80. The zero-order valence-electron chi connectivity index (χ0n) is 9.14. The van der Waals surface area contributed by atoms with Crippen molar-refractivity contribution in [3.05, 3.63) is 71.3 Å². The molecule has 17 heavy (non-hydrogen) atoms. The number of hydrogen-bond donors (Lipinski definition) is 1. The molecule has 0 aliphatic heterocycles. The Morgan fingerprint density at radius 2 is 1.59 bits per heavy atom. The van der Waals surface area contributed by atoms with E-state index in [0.29, 0.717) is 5.56 Å². The highest BCUT2D eigenvalue weighted by Crippen LogP contribution is 2.30. The third-order valence-corrected chi connectivity index (χ3v) is 3.08. The maximum atomic E-state index is 11.3. The molecule has 0 saturated carbocycles. The lowest BCUT2D eigenvalue weighted by molar-refractivity contribution is 0.0999. The normalized spacial score (nSPS) is 12.1. The Labute approximate surface area is 105 Å². The monoisotopic (exact) mass is 245 g/mol. The van der Waals surface area contributed by atoms with Gasteiger partial charge >= 0.3 is 0 Å². The summed E-state index contributed by atoms with van der Waals surface area (Å²) in [7, 11) is 0. The van der Waals surface area contributed by atoms with E-state index < -0.39 is 5.91 Å². The lowest BCUT2D eigenvalue weighted by Gasteiger charge is -2.13. The fourth-order valence-corrected chi connectivity index (χ4v) is 2.08. The third kappa shape index (κ3) is 2.48. The molecule has 0 radical (unpaired) electrons. The summed E-state index contributed by atoms with van der Waals surface area (Å²) in [6.45, 7) is 0. The summed E-state index contributed by atoms with van der Waals surface area (Å²) in [6, 6.07) is 16.7. The molecule has 0 spiro atoms. The molecule has 3 heteroatoms. The Bertz CT molecular complexity index is 525. The highest BCUT2D eigenvalue weighted by Gasteiger charge is 2.16. The second kappa shape index (κ2) is 5.02. The van der Waals surface area contributed by atoms with Gasteiger partial charge < -0.3 is 5.73 Å². The van der Waals surface area contributed by atoms with Crippen molar-refractivity contribution < 1.29 is 4.79 Å². The van der Waals surface area contributed by atoms with Crippen LogP contribution in [0.1, 0.15) is 26.9 Å². The molecule has 2 nitrogen and oxygen atoms in total. The van der Waals surface area contributed by atoms with E-state index >= 15 is 0 Å². The van der Waals surface area contributed by atoms with E-state index in [1.807, 2.05) is 42.5 Å². The number of benzene rings is 2. The Kier molecular flexibility index (Phi) is 3.45. The maximum absolute atomic E-state index is 11.3. The van der Waals surface area contributed by atoms with Gasteiger partial charge in [-0.2, -0.15) is 0 Å². The van der Waals surface area contributed by atoms with E-state index in [1.54, 1.807) is 12.1 Å². The fraction of sp³-hybridized carbons (Fsp3) is 0.0714. The topological polar surface area (TPSA) is 43.1 Å². The molecule has 1 amide bonds. The van der Waals surface area contributed by atoms with Crippen molar-refractivity contribution in [2.75, 3.05) is 0 Å². The molecule has 0 aromatic heterocycles. The van der Waals surface area contributed by atoms with E-state index in [1.165, 1.54) is 0 Å². The van der Waals surface area contributed by atoms with Crippen LogP contribution < -0.4 is 5.73 Å². The Balaban J connectivity index is 2.44. The fourth-order valence-electron chi connectivity index (χ4n) is 1.74. The largest absolute Gasteiger partial charge is 0.366 e. The van der Waals surface area contributed by atoms with Gasteiger partial charge in [-0.05, 0) is 17.2 Å². The first kappa shape index (κ1) is 11.7. The molecule has 0 heterocycles. The zero-order chi connectivity index (χ0) is 12.3. The number of carbonyl (C=O) groups excluding carboxylic acids is 1. The Morgan fingerprint density at radius 3 is 2.24 bits per heavy atom. The van der Waals surface area contributed by atoms with Crippen molar-refractivity contribution in [3.8, 4) is 0 Å². The van der Waals surface area contributed by atoms with Gasteiger partial charge in [0.05, 0.1) is 5.38 Å². The standard InChI is InChI=1S/C14H12ClNO/c15-13(10-6-2-1-3-7-10)11-8-4-5-9-12(11)14(16)17/h1-9,13H,(H2,16,17). The Morgan fingerprint density at radius 1 is 1.00 bits per heavy atom. The molecular weight excluding hydrogens is 234 g/mol. The molecule has 86 valence electrons. The predicted molar refractivity (Wildman–Crippen MR) is 69.1 cm³/mol. The summed E-state index contributed by atoms with van der Waals surface area (Å²) < 4.78 is 0. The molecule has 2 aromatic carbocycles. The molecule has 1 atom stereocenters. The van der Waals surface area contributed by atoms with Gasteiger partial charge in [0.1, 0.15) is 0 Å². The van der Waals surface area contributed by atoms with E-state index in [9.17, 15) is 4.79 Å². The highest BCUT2D eigenvalue weighted by atomic mass is 35.5. The number of hydrogen-bond acceptors (Lipinski definition) is 1. The average Bonchev–Trinajstić information content (AvgIpc) is 2.39. The highest BCUT2D eigenvalue weighted by molar-refractivity contribution is 6.23. The second-order valence-electron chi connectivity index (χ2n) is 3.72. The molecule has 0 aliphatic carbocycles. The van der Waals surface area contributed by atoms with Crippen LogP contribution in [0.5, 0.6) is 0 Å². The minimum Gasteiger partial charge on any atom is -0.366 e. The number of alkyl halides is 1. The van der Waals surface area contributed by atoms with E-state index in [-0.39, 0.29) is 5.38 Å². The second-order valence-corrected chi connectivity index (χ2v) is 4.16. The minimum absolute atomic E-state index is 0.361. The van der Waals surface area contributed by atoms with Crippen LogP contribution in [-0.2, 0) is 0 Å². The van der Waals surface area contributed by atoms with Crippen LogP contribution in [0.15, 0.2) is 54.6 Å².